The lowest BCUT2D eigenvalue weighted by Crippen LogP contribution is -2.60. The van der Waals surface area contributed by atoms with E-state index in [-0.39, 0.29) is 64.6 Å². The van der Waals surface area contributed by atoms with Gasteiger partial charge in [0.25, 0.3) is 0 Å². The molecule has 1 aliphatic rings. The van der Waals surface area contributed by atoms with E-state index in [9.17, 15) is 24.3 Å². The first kappa shape index (κ1) is 45.6. The summed E-state index contributed by atoms with van der Waals surface area (Å²) in [6.07, 6.45) is 1.66. The highest BCUT2D eigenvalue weighted by molar-refractivity contribution is 5.91. The van der Waals surface area contributed by atoms with Crippen LogP contribution in [-0.2, 0) is 36.4 Å². The van der Waals surface area contributed by atoms with Crippen molar-refractivity contribution in [3.05, 3.63) is 107 Å². The molecular formula is C50H61NO9. The van der Waals surface area contributed by atoms with Crippen molar-refractivity contribution in [3.63, 3.8) is 0 Å². The summed E-state index contributed by atoms with van der Waals surface area (Å²) in [6, 6.07) is 24.2. The number of hydrogen-bond acceptors (Lipinski definition) is 10. The number of aromatic hydroxyl groups is 1. The van der Waals surface area contributed by atoms with E-state index in [0.717, 1.165) is 27.8 Å². The van der Waals surface area contributed by atoms with Crippen molar-refractivity contribution in [1.29, 1.82) is 0 Å². The van der Waals surface area contributed by atoms with Gasteiger partial charge in [0, 0.05) is 30.3 Å². The second kappa shape index (κ2) is 18.0. The molecule has 320 valence electrons. The molecule has 1 heterocycles. The number of phenolic OH excluding ortho intramolecular Hbond substituents is 1. The number of likely N-dealkylation sites (tertiary alicyclic amines) is 1. The molecule has 0 atom stereocenters. The lowest BCUT2D eigenvalue weighted by atomic mass is 9.78. The fourth-order valence-corrected chi connectivity index (χ4v) is 7.66. The third-order valence-corrected chi connectivity index (χ3v) is 11.3. The van der Waals surface area contributed by atoms with Gasteiger partial charge in [0.15, 0.2) is 0 Å². The normalized spacial score (nSPS) is 15.5. The van der Waals surface area contributed by atoms with Gasteiger partial charge in [-0.3, -0.25) is 19.3 Å². The van der Waals surface area contributed by atoms with E-state index in [1.807, 2.05) is 36.4 Å². The molecule has 1 saturated heterocycles. The Labute approximate surface area is 355 Å². The molecule has 0 aliphatic carbocycles. The maximum absolute atomic E-state index is 12.9. The van der Waals surface area contributed by atoms with Crippen LogP contribution >= 0.6 is 0 Å². The topological polar surface area (TPSA) is 129 Å². The number of piperidine rings is 1. The summed E-state index contributed by atoms with van der Waals surface area (Å²) >= 11 is 0. The summed E-state index contributed by atoms with van der Waals surface area (Å²) in [7, 11) is 2.08. The van der Waals surface area contributed by atoms with Gasteiger partial charge in [0.05, 0.1) is 18.4 Å². The van der Waals surface area contributed by atoms with Crippen molar-refractivity contribution in [2.75, 3.05) is 7.05 Å². The number of esters is 4. The van der Waals surface area contributed by atoms with Gasteiger partial charge < -0.3 is 24.1 Å². The molecule has 0 spiro atoms. The van der Waals surface area contributed by atoms with Gasteiger partial charge >= 0.3 is 23.9 Å². The van der Waals surface area contributed by atoms with Crippen LogP contribution in [0.5, 0.6) is 23.0 Å². The number of nitrogens with zero attached hydrogens (tertiary/aromatic N) is 1. The highest BCUT2D eigenvalue weighted by Crippen LogP contribution is 2.41. The molecule has 10 heteroatoms. The molecule has 4 aromatic rings. The zero-order valence-electron chi connectivity index (χ0n) is 37.1. The molecule has 1 N–H and O–H groups in total. The van der Waals surface area contributed by atoms with Gasteiger partial charge in [-0.2, -0.15) is 0 Å². The van der Waals surface area contributed by atoms with Crippen molar-refractivity contribution < 1.29 is 43.2 Å². The number of carbonyl (C=O) groups is 4. The first-order chi connectivity index (χ1) is 27.9. The average molecular weight is 820 g/mol. The Kier molecular flexibility index (Phi) is 13.7. The summed E-state index contributed by atoms with van der Waals surface area (Å²) in [6.45, 7) is 20.9. The van der Waals surface area contributed by atoms with Crippen LogP contribution in [0.2, 0.25) is 0 Å². The molecule has 0 bridgehead atoms. The molecule has 4 aromatic carbocycles. The maximum atomic E-state index is 12.9. The number of rotatable bonds is 12. The molecule has 0 amide bonds. The van der Waals surface area contributed by atoms with E-state index in [4.69, 9.17) is 18.9 Å². The highest BCUT2D eigenvalue weighted by atomic mass is 16.6. The van der Waals surface area contributed by atoms with Gasteiger partial charge in [0.2, 0.25) is 0 Å². The quantitative estimate of drug-likeness (QED) is 0.109. The SMILES string of the molecule is CN1C(C)(C)CC(OC(=O)CCC(=O)Oc2ccc(C(=O)Oc3ccc(-c4ccc(OC(=O)CCc5cc(C(C)(C)C)c(O)c(C(C)(C)C)c5)cc4)cc3)cc2)CC1(C)C. The highest BCUT2D eigenvalue weighted by Gasteiger charge is 2.44. The number of aryl methyl sites for hydroxylation is 1. The maximum Gasteiger partial charge on any atom is 0.343 e. The van der Waals surface area contributed by atoms with E-state index >= 15 is 0 Å². The van der Waals surface area contributed by atoms with E-state index in [2.05, 4.69) is 81.2 Å². The number of benzene rings is 4. The van der Waals surface area contributed by atoms with E-state index in [0.29, 0.717) is 36.5 Å². The van der Waals surface area contributed by atoms with Crippen LogP contribution in [0.25, 0.3) is 11.1 Å². The van der Waals surface area contributed by atoms with Crippen LogP contribution in [-0.4, -0.2) is 58.1 Å². The summed E-state index contributed by atoms with van der Waals surface area (Å²) in [4.78, 5) is 53.1. The Bertz CT molecular complexity index is 2120. The average Bonchev–Trinajstić information content (AvgIpc) is 3.15. The summed E-state index contributed by atoms with van der Waals surface area (Å²) < 4.78 is 22.3. The first-order valence-corrected chi connectivity index (χ1v) is 20.7. The second-order valence-corrected chi connectivity index (χ2v) is 19.2. The lowest BCUT2D eigenvalue weighted by molar-refractivity contribution is -0.160. The van der Waals surface area contributed by atoms with Crippen molar-refractivity contribution in [3.8, 4) is 34.1 Å². The van der Waals surface area contributed by atoms with Crippen molar-refractivity contribution >= 4 is 23.9 Å². The summed E-state index contributed by atoms with van der Waals surface area (Å²) in [5.41, 5.74) is 3.95. The number of phenols is 1. The van der Waals surface area contributed by atoms with E-state index in [1.165, 1.54) is 24.3 Å². The van der Waals surface area contributed by atoms with Crippen LogP contribution in [0.4, 0.5) is 0 Å². The summed E-state index contributed by atoms with van der Waals surface area (Å²) in [5.74, 6) is -0.597. The largest absolute Gasteiger partial charge is 0.507 e. The fourth-order valence-electron chi connectivity index (χ4n) is 7.66. The number of carbonyl (C=O) groups excluding carboxylic acids is 4. The molecule has 1 fully saturated rings. The minimum atomic E-state index is -0.579. The zero-order valence-corrected chi connectivity index (χ0v) is 37.1. The van der Waals surface area contributed by atoms with Gasteiger partial charge in [-0.1, -0.05) is 77.9 Å². The molecule has 1 aliphatic heterocycles. The molecule has 0 radical (unpaired) electrons. The number of ether oxygens (including phenoxy) is 4. The number of hydrogen-bond donors (Lipinski definition) is 1. The van der Waals surface area contributed by atoms with Crippen LogP contribution < -0.4 is 14.2 Å². The predicted molar refractivity (Wildman–Crippen MR) is 233 cm³/mol. The minimum Gasteiger partial charge on any atom is -0.507 e. The Balaban J connectivity index is 1.07. The minimum absolute atomic E-state index is 0.0858. The third-order valence-electron chi connectivity index (χ3n) is 11.3. The predicted octanol–water partition coefficient (Wildman–Crippen LogP) is 10.3. The smallest absolute Gasteiger partial charge is 0.343 e. The van der Waals surface area contributed by atoms with Gasteiger partial charge in [-0.05, 0) is 128 Å². The molecule has 5 rings (SSSR count). The molecule has 0 unspecified atom stereocenters. The van der Waals surface area contributed by atoms with Gasteiger partial charge in [0.1, 0.15) is 29.1 Å². The summed E-state index contributed by atoms with van der Waals surface area (Å²) in [5, 5.41) is 11.0. The molecular weight excluding hydrogens is 759 g/mol. The first-order valence-electron chi connectivity index (χ1n) is 20.7. The second-order valence-electron chi connectivity index (χ2n) is 19.2. The molecule has 10 nitrogen and oxygen atoms in total. The van der Waals surface area contributed by atoms with Crippen LogP contribution in [0, 0.1) is 0 Å². The Hall–Kier alpha value is -5.48. The fraction of sp³-hybridized carbons (Fsp3) is 0.440. The van der Waals surface area contributed by atoms with Crippen molar-refractivity contribution in [1.82, 2.24) is 4.90 Å². The zero-order chi connectivity index (χ0) is 44.2. The van der Waals surface area contributed by atoms with E-state index < -0.39 is 17.9 Å². The van der Waals surface area contributed by atoms with E-state index in [1.54, 1.807) is 24.3 Å². The Morgan fingerprint density at radius 1 is 0.617 bits per heavy atom. The monoisotopic (exact) mass is 819 g/mol. The van der Waals surface area contributed by atoms with Crippen molar-refractivity contribution in [2.24, 2.45) is 0 Å². The van der Waals surface area contributed by atoms with Gasteiger partial charge in [-0.15, -0.1) is 0 Å². The lowest BCUT2D eigenvalue weighted by Gasteiger charge is -2.53. The van der Waals surface area contributed by atoms with Crippen LogP contribution in [0.3, 0.4) is 0 Å². The third kappa shape index (κ3) is 11.8. The Morgan fingerprint density at radius 2 is 1.02 bits per heavy atom. The Morgan fingerprint density at radius 3 is 1.47 bits per heavy atom. The van der Waals surface area contributed by atoms with Crippen LogP contribution in [0.15, 0.2) is 84.9 Å². The molecule has 0 saturated carbocycles. The standard InChI is InChI=1S/C50H61NO9/c1-47(2,3)40-28-32(29-41(45(40)55)48(4,5)6)12-25-42(52)57-36-19-13-33(14-20-36)34-15-21-38(22-16-34)60-46(56)35-17-23-37(24-18-35)58-43(53)26-27-44(54)59-39-30-49(7,8)51(11)50(9,10)31-39/h13-24,28-29,39,55H,12,25-27,30-31H2,1-11H3. The van der Waals surface area contributed by atoms with Gasteiger partial charge in [-0.25, -0.2) is 4.79 Å². The molecule has 60 heavy (non-hydrogen) atoms. The molecule has 0 aromatic heterocycles. The van der Waals surface area contributed by atoms with Crippen LogP contribution in [0.1, 0.15) is 128 Å². The van der Waals surface area contributed by atoms with Crippen molar-refractivity contribution in [2.45, 2.75) is 136 Å².